The van der Waals surface area contributed by atoms with E-state index >= 15 is 0 Å². The predicted octanol–water partition coefficient (Wildman–Crippen LogP) is 2.73. The fourth-order valence-electron chi connectivity index (χ4n) is 2.99. The number of piperidine rings is 1. The summed E-state index contributed by atoms with van der Waals surface area (Å²) in [5, 5.41) is 0.652. The molecule has 0 aliphatic carbocycles. The van der Waals surface area contributed by atoms with Crippen LogP contribution in [0.25, 0.3) is 0 Å². The highest BCUT2D eigenvalue weighted by molar-refractivity contribution is 6.30. The van der Waals surface area contributed by atoms with E-state index in [9.17, 15) is 9.59 Å². The largest absolute Gasteiger partial charge is 0.349 e. The molecule has 114 valence electrons. The zero-order chi connectivity index (χ0) is 15.6. The minimum Gasteiger partial charge on any atom is -0.349 e. The molecule has 2 atom stereocenters. The van der Waals surface area contributed by atoms with Gasteiger partial charge < -0.3 is 9.80 Å². The van der Waals surface area contributed by atoms with Gasteiger partial charge in [0.1, 0.15) is 0 Å². The van der Waals surface area contributed by atoms with Gasteiger partial charge in [-0.05, 0) is 31.0 Å². The molecule has 0 spiro atoms. The normalized spacial score (nSPS) is 22.3. The number of carbonyl (C=O) groups excluding carboxylic acids is 2. The van der Waals surface area contributed by atoms with Crippen LogP contribution in [0.1, 0.15) is 31.4 Å². The minimum atomic E-state index is -0.205. The minimum absolute atomic E-state index is 0.0703. The lowest BCUT2D eigenvalue weighted by atomic mass is 9.83. The van der Waals surface area contributed by atoms with Crippen LogP contribution in [0, 0.1) is 5.92 Å². The third kappa shape index (κ3) is 3.21. The van der Waals surface area contributed by atoms with E-state index in [1.807, 2.05) is 19.1 Å². The molecular weight excluding hydrogens is 288 g/mol. The van der Waals surface area contributed by atoms with E-state index in [2.05, 4.69) is 0 Å². The van der Waals surface area contributed by atoms with E-state index in [0.717, 1.165) is 5.56 Å². The summed E-state index contributed by atoms with van der Waals surface area (Å²) in [6.07, 6.45) is 1.03. The smallest absolute Gasteiger partial charge is 0.227 e. The molecule has 0 bridgehead atoms. The number of halogens is 1. The zero-order valence-electron chi connectivity index (χ0n) is 12.7. The van der Waals surface area contributed by atoms with Gasteiger partial charge in [0.15, 0.2) is 0 Å². The van der Waals surface area contributed by atoms with Crippen molar-refractivity contribution >= 4 is 23.4 Å². The summed E-state index contributed by atoms with van der Waals surface area (Å²) >= 11 is 5.94. The zero-order valence-corrected chi connectivity index (χ0v) is 13.4. The van der Waals surface area contributed by atoms with E-state index in [4.69, 9.17) is 11.6 Å². The summed E-state index contributed by atoms with van der Waals surface area (Å²) in [4.78, 5) is 28.1. The van der Waals surface area contributed by atoms with Crippen molar-refractivity contribution in [1.82, 2.24) is 9.80 Å². The third-order valence-electron chi connectivity index (χ3n) is 4.02. The van der Waals surface area contributed by atoms with Crippen molar-refractivity contribution in [3.63, 3.8) is 0 Å². The Morgan fingerprint density at radius 3 is 2.48 bits per heavy atom. The molecule has 1 aromatic carbocycles. The van der Waals surface area contributed by atoms with Gasteiger partial charge in [-0.2, -0.15) is 0 Å². The van der Waals surface area contributed by atoms with Crippen LogP contribution in [0.15, 0.2) is 24.3 Å². The Morgan fingerprint density at radius 1 is 1.33 bits per heavy atom. The van der Waals surface area contributed by atoms with Crippen molar-refractivity contribution in [1.29, 1.82) is 0 Å². The second kappa shape index (κ2) is 6.48. The van der Waals surface area contributed by atoms with Crippen molar-refractivity contribution in [2.45, 2.75) is 25.8 Å². The highest BCUT2D eigenvalue weighted by Crippen LogP contribution is 2.37. The molecule has 1 aromatic rings. The van der Waals surface area contributed by atoms with Crippen LogP contribution in [0.2, 0.25) is 5.02 Å². The molecule has 0 unspecified atom stereocenters. The number of benzene rings is 1. The molecule has 0 aromatic heterocycles. The lowest BCUT2D eigenvalue weighted by Gasteiger charge is -2.41. The first-order chi connectivity index (χ1) is 9.95. The third-order valence-corrected chi connectivity index (χ3v) is 4.27. The number of hydrogen-bond acceptors (Lipinski definition) is 2. The van der Waals surface area contributed by atoms with E-state index < -0.39 is 0 Å². The molecule has 5 heteroatoms. The first kappa shape index (κ1) is 15.8. The summed E-state index contributed by atoms with van der Waals surface area (Å²) in [5.74, 6) is -0.0139. The van der Waals surface area contributed by atoms with Crippen molar-refractivity contribution in [3.05, 3.63) is 34.9 Å². The quantitative estimate of drug-likeness (QED) is 0.861. The Bertz CT molecular complexity index is 528. The first-order valence-electron chi connectivity index (χ1n) is 7.21. The highest BCUT2D eigenvalue weighted by atomic mass is 35.5. The van der Waals surface area contributed by atoms with Gasteiger partial charge in [-0.3, -0.25) is 9.59 Å². The summed E-state index contributed by atoms with van der Waals surface area (Å²) in [6, 6.07) is 7.22. The highest BCUT2D eigenvalue weighted by Gasteiger charge is 2.40. The molecule has 21 heavy (non-hydrogen) atoms. The number of rotatable bonds is 3. The van der Waals surface area contributed by atoms with Crippen molar-refractivity contribution in [2.24, 2.45) is 5.92 Å². The number of carbonyl (C=O) groups is 2. The molecule has 1 fully saturated rings. The topological polar surface area (TPSA) is 40.6 Å². The van der Waals surface area contributed by atoms with Gasteiger partial charge in [-0.25, -0.2) is 0 Å². The van der Waals surface area contributed by atoms with Gasteiger partial charge in [0.25, 0.3) is 0 Å². The molecule has 4 nitrogen and oxygen atoms in total. The van der Waals surface area contributed by atoms with Gasteiger partial charge in [0.05, 0.1) is 12.0 Å². The summed E-state index contributed by atoms with van der Waals surface area (Å²) in [5.41, 5.74) is 0.967. The molecule has 0 radical (unpaired) electrons. The fraction of sp³-hybridized carbons (Fsp3) is 0.500. The monoisotopic (exact) mass is 308 g/mol. The van der Waals surface area contributed by atoms with Gasteiger partial charge in [0, 0.05) is 32.1 Å². The van der Waals surface area contributed by atoms with Crippen molar-refractivity contribution in [3.8, 4) is 0 Å². The Kier molecular flexibility index (Phi) is 4.88. The Balaban J connectivity index is 2.41. The van der Waals surface area contributed by atoms with E-state index in [-0.39, 0.29) is 23.8 Å². The van der Waals surface area contributed by atoms with Crippen LogP contribution in [0.5, 0.6) is 0 Å². The molecule has 1 saturated heterocycles. The van der Waals surface area contributed by atoms with Gasteiger partial charge in [-0.1, -0.05) is 23.7 Å². The summed E-state index contributed by atoms with van der Waals surface area (Å²) < 4.78 is 0. The maximum absolute atomic E-state index is 12.5. The average molecular weight is 309 g/mol. The molecule has 1 aliphatic rings. The van der Waals surface area contributed by atoms with Crippen molar-refractivity contribution < 1.29 is 9.59 Å². The lowest BCUT2D eigenvalue weighted by molar-refractivity contribution is -0.146. The van der Waals surface area contributed by atoms with Crippen LogP contribution in [-0.2, 0) is 9.59 Å². The molecule has 2 rings (SSSR count). The maximum atomic E-state index is 12.5. The van der Waals surface area contributed by atoms with E-state index in [1.165, 1.54) is 0 Å². The second-order valence-corrected chi connectivity index (χ2v) is 5.99. The molecule has 1 aliphatic heterocycles. The summed E-state index contributed by atoms with van der Waals surface area (Å²) in [6.45, 7) is 2.55. The Morgan fingerprint density at radius 2 is 1.95 bits per heavy atom. The number of likely N-dealkylation sites (tertiary alicyclic amines) is 1. The Labute approximate surface area is 130 Å². The molecule has 1 heterocycles. The number of nitrogens with zero attached hydrogens (tertiary/aromatic N) is 2. The first-order valence-corrected chi connectivity index (χ1v) is 7.59. The van der Waals surface area contributed by atoms with Crippen LogP contribution in [-0.4, -0.2) is 42.3 Å². The van der Waals surface area contributed by atoms with E-state index in [0.29, 0.717) is 24.4 Å². The fourth-order valence-corrected chi connectivity index (χ4v) is 3.11. The SMILES string of the molecule is CCN1C(=O)CC[C@@H](C(=O)N(C)C)[C@@H]1c1ccc(Cl)cc1. The van der Waals surface area contributed by atoms with Crippen LogP contribution < -0.4 is 0 Å². The number of amides is 2. The van der Waals surface area contributed by atoms with Gasteiger partial charge in [0.2, 0.25) is 11.8 Å². The predicted molar refractivity (Wildman–Crippen MR) is 83.0 cm³/mol. The average Bonchev–Trinajstić information content (AvgIpc) is 2.47. The maximum Gasteiger partial charge on any atom is 0.227 e. The summed E-state index contributed by atoms with van der Waals surface area (Å²) in [7, 11) is 3.52. The van der Waals surface area contributed by atoms with Crippen LogP contribution in [0.4, 0.5) is 0 Å². The molecule has 0 saturated carbocycles. The second-order valence-electron chi connectivity index (χ2n) is 5.55. The van der Waals surface area contributed by atoms with Crippen molar-refractivity contribution in [2.75, 3.05) is 20.6 Å². The van der Waals surface area contributed by atoms with Gasteiger partial charge in [-0.15, -0.1) is 0 Å². The van der Waals surface area contributed by atoms with Crippen LogP contribution in [0.3, 0.4) is 0 Å². The Hall–Kier alpha value is -1.55. The standard InChI is InChI=1S/C16H21ClN2O2/c1-4-19-14(20)10-9-13(16(21)18(2)3)15(19)11-5-7-12(17)8-6-11/h5-8,13,15H,4,9-10H2,1-3H3/t13-,15+/m1/s1. The van der Waals surface area contributed by atoms with Gasteiger partial charge >= 0.3 is 0 Å². The molecule has 0 N–H and O–H groups in total. The molecular formula is C16H21ClN2O2. The van der Waals surface area contributed by atoms with E-state index in [1.54, 1.807) is 36.0 Å². The lowest BCUT2D eigenvalue weighted by Crippen LogP contribution is -2.47. The van der Waals surface area contributed by atoms with Crippen LogP contribution >= 0.6 is 11.6 Å². The molecule has 2 amide bonds. The number of hydrogen-bond donors (Lipinski definition) is 0.